The summed E-state index contributed by atoms with van der Waals surface area (Å²) in [7, 11) is -2.18. The first-order valence-corrected chi connectivity index (χ1v) is 10.5. The molecule has 0 spiro atoms. The number of piperidine rings is 1. The van der Waals surface area contributed by atoms with Gasteiger partial charge in [0.1, 0.15) is 5.75 Å². The van der Waals surface area contributed by atoms with Gasteiger partial charge in [-0.25, -0.2) is 8.42 Å². The van der Waals surface area contributed by atoms with E-state index >= 15 is 0 Å². The van der Waals surface area contributed by atoms with Gasteiger partial charge in [0.25, 0.3) is 15.9 Å². The monoisotopic (exact) mass is 388 g/mol. The molecule has 27 heavy (non-hydrogen) atoms. The van der Waals surface area contributed by atoms with Crippen molar-refractivity contribution in [2.45, 2.75) is 37.1 Å². The lowest BCUT2D eigenvalue weighted by atomic mass is 10.0. The molecule has 0 radical (unpaired) electrons. The molecule has 1 N–H and O–H groups in total. The van der Waals surface area contributed by atoms with Crippen LogP contribution in [-0.2, 0) is 10.0 Å². The highest BCUT2D eigenvalue weighted by Crippen LogP contribution is 2.22. The second kappa shape index (κ2) is 8.00. The van der Waals surface area contributed by atoms with Gasteiger partial charge in [-0.3, -0.25) is 9.52 Å². The van der Waals surface area contributed by atoms with Gasteiger partial charge in [0.2, 0.25) is 0 Å². The number of methoxy groups -OCH3 is 1. The van der Waals surface area contributed by atoms with Gasteiger partial charge in [-0.15, -0.1) is 0 Å². The Morgan fingerprint density at radius 2 is 1.74 bits per heavy atom. The zero-order chi connectivity index (χ0) is 19.4. The van der Waals surface area contributed by atoms with E-state index in [1.807, 2.05) is 4.90 Å². The standard InChI is InChI=1S/C20H24N2O4S/c1-15-5-3-4-14-22(15)20(23)16-6-12-19(13-7-16)27(24,25)21-17-8-10-18(26-2)11-9-17/h6-13,15,21H,3-5,14H2,1-2H3/t15-/m1/s1. The van der Waals surface area contributed by atoms with Gasteiger partial charge in [-0.1, -0.05) is 0 Å². The molecule has 0 bridgehead atoms. The molecule has 6 nitrogen and oxygen atoms in total. The van der Waals surface area contributed by atoms with E-state index in [0.29, 0.717) is 17.0 Å². The van der Waals surface area contributed by atoms with Gasteiger partial charge < -0.3 is 9.64 Å². The molecule has 2 aromatic carbocycles. The molecule has 0 aliphatic carbocycles. The van der Waals surface area contributed by atoms with Crippen molar-refractivity contribution in [3.8, 4) is 5.75 Å². The van der Waals surface area contributed by atoms with E-state index in [-0.39, 0.29) is 16.8 Å². The van der Waals surface area contributed by atoms with Gasteiger partial charge in [0.05, 0.1) is 12.0 Å². The van der Waals surface area contributed by atoms with Gasteiger partial charge >= 0.3 is 0 Å². The lowest BCUT2D eigenvalue weighted by Crippen LogP contribution is -2.42. The summed E-state index contributed by atoms with van der Waals surface area (Å²) in [6.07, 6.45) is 3.15. The summed E-state index contributed by atoms with van der Waals surface area (Å²) in [5.41, 5.74) is 0.949. The molecule has 1 atom stereocenters. The van der Waals surface area contributed by atoms with Crippen LogP contribution in [0.15, 0.2) is 53.4 Å². The van der Waals surface area contributed by atoms with Crippen LogP contribution >= 0.6 is 0 Å². The summed E-state index contributed by atoms with van der Waals surface area (Å²) < 4.78 is 32.7. The van der Waals surface area contributed by atoms with Crippen LogP contribution in [0.5, 0.6) is 5.75 Å². The van der Waals surface area contributed by atoms with Crippen LogP contribution in [-0.4, -0.2) is 38.9 Å². The normalized spacial score (nSPS) is 17.4. The zero-order valence-electron chi connectivity index (χ0n) is 15.5. The number of rotatable bonds is 5. The first-order chi connectivity index (χ1) is 12.9. The fraction of sp³-hybridized carbons (Fsp3) is 0.350. The van der Waals surface area contributed by atoms with Crippen LogP contribution in [0, 0.1) is 0 Å². The highest BCUT2D eigenvalue weighted by Gasteiger charge is 2.24. The number of anilines is 1. The molecule has 1 aliphatic heterocycles. The number of carbonyl (C=O) groups is 1. The van der Waals surface area contributed by atoms with Crippen molar-refractivity contribution < 1.29 is 17.9 Å². The van der Waals surface area contributed by atoms with Crippen molar-refractivity contribution >= 4 is 21.6 Å². The fourth-order valence-electron chi connectivity index (χ4n) is 3.22. The Morgan fingerprint density at radius 3 is 2.33 bits per heavy atom. The Balaban J connectivity index is 1.74. The van der Waals surface area contributed by atoms with E-state index in [0.717, 1.165) is 25.8 Å². The molecule has 7 heteroatoms. The third-order valence-corrected chi connectivity index (χ3v) is 6.21. The highest BCUT2D eigenvalue weighted by molar-refractivity contribution is 7.92. The minimum absolute atomic E-state index is 0.0470. The fourth-order valence-corrected chi connectivity index (χ4v) is 4.27. The van der Waals surface area contributed by atoms with Gasteiger partial charge in [0, 0.05) is 23.8 Å². The summed E-state index contributed by atoms with van der Waals surface area (Å²) in [4.78, 5) is 14.6. The number of hydrogen-bond acceptors (Lipinski definition) is 4. The molecule has 144 valence electrons. The van der Waals surface area contributed by atoms with Crippen molar-refractivity contribution in [3.63, 3.8) is 0 Å². The molecule has 0 unspecified atom stereocenters. The minimum Gasteiger partial charge on any atom is -0.497 e. The summed E-state index contributed by atoms with van der Waals surface area (Å²) in [6, 6.07) is 12.9. The number of amides is 1. The van der Waals surface area contributed by atoms with Crippen LogP contribution in [0.2, 0.25) is 0 Å². The van der Waals surface area contributed by atoms with Gasteiger partial charge in [-0.05, 0) is 74.7 Å². The van der Waals surface area contributed by atoms with E-state index in [4.69, 9.17) is 4.74 Å². The quantitative estimate of drug-likeness (QED) is 0.850. The predicted octanol–water partition coefficient (Wildman–Crippen LogP) is 3.51. The van der Waals surface area contributed by atoms with Crippen molar-refractivity contribution in [3.05, 3.63) is 54.1 Å². The molecule has 1 amide bonds. The maximum absolute atomic E-state index is 12.7. The molecule has 1 saturated heterocycles. The number of nitrogens with one attached hydrogen (secondary N) is 1. The Kier molecular flexibility index (Phi) is 5.70. The van der Waals surface area contributed by atoms with Crippen LogP contribution in [0.3, 0.4) is 0 Å². The number of benzene rings is 2. The molecular formula is C20H24N2O4S. The maximum Gasteiger partial charge on any atom is 0.261 e. The molecule has 0 aromatic heterocycles. The Morgan fingerprint density at radius 1 is 1.07 bits per heavy atom. The molecule has 1 fully saturated rings. The molecule has 1 aliphatic rings. The first kappa shape index (κ1) is 19.2. The van der Waals surface area contributed by atoms with Gasteiger partial charge in [0.15, 0.2) is 0 Å². The maximum atomic E-state index is 12.7. The van der Waals surface area contributed by atoms with Crippen molar-refractivity contribution in [2.24, 2.45) is 0 Å². The average Bonchev–Trinajstić information content (AvgIpc) is 2.68. The Hall–Kier alpha value is -2.54. The molecule has 0 saturated carbocycles. The second-order valence-corrected chi connectivity index (χ2v) is 8.38. The minimum atomic E-state index is -3.73. The number of ether oxygens (including phenoxy) is 1. The van der Waals surface area contributed by atoms with E-state index in [1.54, 1.807) is 43.5 Å². The van der Waals surface area contributed by atoms with Crippen LogP contribution in [0.1, 0.15) is 36.5 Å². The zero-order valence-corrected chi connectivity index (χ0v) is 16.3. The summed E-state index contributed by atoms with van der Waals surface area (Å²) in [5.74, 6) is 0.599. The number of carbonyl (C=O) groups excluding carboxylic acids is 1. The smallest absolute Gasteiger partial charge is 0.261 e. The lowest BCUT2D eigenvalue weighted by molar-refractivity contribution is 0.0635. The largest absolute Gasteiger partial charge is 0.497 e. The van der Waals surface area contributed by atoms with Crippen LogP contribution < -0.4 is 9.46 Å². The molecular weight excluding hydrogens is 364 g/mol. The second-order valence-electron chi connectivity index (χ2n) is 6.70. The van der Waals surface area contributed by atoms with Crippen molar-refractivity contribution in [1.29, 1.82) is 0 Å². The first-order valence-electron chi connectivity index (χ1n) is 8.98. The Bertz CT molecular complexity index is 893. The summed E-state index contributed by atoms with van der Waals surface area (Å²) in [6.45, 7) is 2.80. The van der Waals surface area contributed by atoms with E-state index < -0.39 is 10.0 Å². The topological polar surface area (TPSA) is 75.7 Å². The number of nitrogens with zero attached hydrogens (tertiary/aromatic N) is 1. The third-order valence-electron chi connectivity index (χ3n) is 4.82. The van der Waals surface area contributed by atoms with Gasteiger partial charge in [-0.2, -0.15) is 0 Å². The van der Waals surface area contributed by atoms with E-state index in [1.165, 1.54) is 12.1 Å². The summed E-state index contributed by atoms with van der Waals surface area (Å²) in [5, 5.41) is 0. The Labute approximate surface area is 160 Å². The predicted molar refractivity (Wildman–Crippen MR) is 105 cm³/mol. The number of hydrogen-bond donors (Lipinski definition) is 1. The lowest BCUT2D eigenvalue weighted by Gasteiger charge is -2.33. The van der Waals surface area contributed by atoms with Crippen LogP contribution in [0.25, 0.3) is 0 Å². The number of sulfonamides is 1. The third kappa shape index (κ3) is 4.42. The SMILES string of the molecule is COc1ccc(NS(=O)(=O)c2ccc(C(=O)N3CCCC[C@H]3C)cc2)cc1. The molecule has 2 aromatic rings. The van der Waals surface area contributed by atoms with Crippen LogP contribution in [0.4, 0.5) is 5.69 Å². The molecule has 3 rings (SSSR count). The summed E-state index contributed by atoms with van der Waals surface area (Å²) >= 11 is 0. The van der Waals surface area contributed by atoms with Crippen molar-refractivity contribution in [2.75, 3.05) is 18.4 Å². The van der Waals surface area contributed by atoms with Crippen molar-refractivity contribution in [1.82, 2.24) is 4.90 Å². The van der Waals surface area contributed by atoms with E-state index in [9.17, 15) is 13.2 Å². The highest BCUT2D eigenvalue weighted by atomic mass is 32.2. The van der Waals surface area contributed by atoms with E-state index in [2.05, 4.69) is 11.6 Å². The number of likely N-dealkylation sites (tertiary alicyclic amines) is 1. The average molecular weight is 388 g/mol. The molecule has 1 heterocycles.